The van der Waals surface area contributed by atoms with Crippen molar-refractivity contribution in [2.24, 2.45) is 0 Å². The molecule has 0 aromatic carbocycles. The Bertz CT molecular complexity index is 13.5. The molecule has 0 unspecified atom stereocenters. The predicted octanol–water partition coefficient (Wildman–Crippen LogP) is -2.53. The van der Waals surface area contributed by atoms with Crippen LogP contribution in [0.3, 0.4) is 0 Å². The fourth-order valence-electron chi connectivity index (χ4n) is 0. The molecular weight excluding hydrogens is 232 g/mol. The van der Waals surface area contributed by atoms with Crippen LogP contribution in [0.5, 0.6) is 0 Å². The molecule has 0 aliphatic carbocycles. The molecule has 0 aliphatic heterocycles. The summed E-state index contributed by atoms with van der Waals surface area (Å²) in [7, 11) is 0. The Labute approximate surface area is 99.2 Å². The van der Waals surface area contributed by atoms with Gasteiger partial charge in [0.1, 0.15) is 0 Å². The van der Waals surface area contributed by atoms with Gasteiger partial charge in [-0.1, -0.05) is 0 Å². The predicted molar refractivity (Wildman–Crippen MR) is 27.9 cm³/mol. The molecule has 0 nitrogen and oxygen atoms in total. The number of rotatable bonds is 0. The van der Waals surface area contributed by atoms with Crippen LogP contribution in [0.1, 0.15) is 2.85 Å². The van der Waals surface area contributed by atoms with Gasteiger partial charge in [-0.2, -0.15) is 0 Å². The van der Waals surface area contributed by atoms with Crippen molar-refractivity contribution in [3.63, 3.8) is 0 Å². The molecule has 3 radical (unpaired) electrons. The Kier molecular flexibility index (Phi) is 112. The first-order chi connectivity index (χ1) is 0. The summed E-state index contributed by atoms with van der Waals surface area (Å²) in [6.45, 7) is 0. The molecule has 0 bridgehead atoms. The molecule has 0 aromatic rings. The Morgan fingerprint density at radius 1 is 1.25 bits per heavy atom. The van der Waals surface area contributed by atoms with Crippen LogP contribution in [-0.4, -0.2) is 72.6 Å². The molecule has 0 fully saturated rings. The summed E-state index contributed by atoms with van der Waals surface area (Å²) in [5.74, 6) is 0. The van der Waals surface area contributed by atoms with Gasteiger partial charge >= 0.3 is 61.6 Å². The third kappa shape index (κ3) is 8.94. The molecule has 21 valence electrons. The van der Waals surface area contributed by atoms with E-state index in [0.717, 1.165) is 0 Å². The van der Waals surface area contributed by atoms with Gasteiger partial charge in [-0.15, -0.1) is 0 Å². The van der Waals surface area contributed by atoms with Crippen LogP contribution >= 0.6 is 0 Å². The van der Waals surface area contributed by atoms with E-state index in [1.165, 1.54) is 0 Å². The zero-order valence-corrected chi connectivity index (χ0v) is 10.0. The Morgan fingerprint density at radius 3 is 1.25 bits per heavy atom. The second kappa shape index (κ2) is 16.4. The topological polar surface area (TPSA) is 0 Å². The van der Waals surface area contributed by atoms with Crippen LogP contribution in [0.2, 0.25) is 0 Å². The molecular formula is H8CaScSiSn. The van der Waals surface area contributed by atoms with Gasteiger partial charge in [-0.25, -0.2) is 0 Å². The third-order valence-corrected chi connectivity index (χ3v) is 0. The molecule has 0 amide bonds. The molecule has 4 heteroatoms. The van der Waals surface area contributed by atoms with Crippen LogP contribution in [0.15, 0.2) is 0 Å². The molecule has 4 heavy (non-hydrogen) atoms. The molecule has 0 heterocycles. The van der Waals surface area contributed by atoms with Crippen LogP contribution < -0.4 is 0 Å². The van der Waals surface area contributed by atoms with Crippen molar-refractivity contribution in [1.29, 1.82) is 0 Å². The quantitative estimate of drug-likeness (QED) is 0.410. The zero-order valence-electron chi connectivity index (χ0n) is 3.99. The molecule has 0 aliphatic rings. The first-order valence-corrected chi connectivity index (χ1v) is 0. The van der Waals surface area contributed by atoms with E-state index in [2.05, 4.69) is 0 Å². The van der Waals surface area contributed by atoms with Gasteiger partial charge in [-0.3, -0.25) is 0 Å². The minimum absolute atomic E-state index is 0. The van der Waals surface area contributed by atoms with E-state index < -0.39 is 0 Å². The van der Waals surface area contributed by atoms with Gasteiger partial charge in [0.15, 0.2) is 0 Å². The Hall–Kier alpha value is 3.15. The van der Waals surface area contributed by atoms with Crippen LogP contribution in [0, 0.1) is 0 Å². The second-order valence-corrected chi connectivity index (χ2v) is 0. The normalized spacial score (nSPS) is 0. The van der Waals surface area contributed by atoms with E-state index in [-0.39, 0.29) is 101 Å². The van der Waals surface area contributed by atoms with E-state index >= 15 is 0 Å². The van der Waals surface area contributed by atoms with Crippen LogP contribution in [-0.2, 0) is 25.8 Å². The van der Waals surface area contributed by atoms with E-state index in [4.69, 9.17) is 0 Å². The first kappa shape index (κ1) is 27.3. The molecule has 0 aromatic heterocycles. The van der Waals surface area contributed by atoms with Gasteiger partial charge in [0, 0.05) is 25.8 Å². The molecule has 0 N–H and O–H groups in total. The summed E-state index contributed by atoms with van der Waals surface area (Å²) in [5.41, 5.74) is 0. The number of hydrogen-bond donors (Lipinski definition) is 0. The second-order valence-electron chi connectivity index (χ2n) is 0. The maximum absolute atomic E-state index is 0. The fourth-order valence-corrected chi connectivity index (χ4v) is 0. The van der Waals surface area contributed by atoms with Crippen molar-refractivity contribution < 1.29 is 28.7 Å². The van der Waals surface area contributed by atoms with E-state index in [1.807, 2.05) is 0 Å². The minimum atomic E-state index is 0. The monoisotopic (exact) mass is 241 g/mol. The maximum atomic E-state index is 0. The molecule has 0 rings (SSSR count). The van der Waals surface area contributed by atoms with Crippen molar-refractivity contribution in [3.8, 4) is 0 Å². The summed E-state index contributed by atoms with van der Waals surface area (Å²) < 4.78 is 0. The molecule has 0 saturated heterocycles. The number of hydrogen-bond acceptors (Lipinski definition) is 0. The van der Waals surface area contributed by atoms with Crippen molar-refractivity contribution >= 4 is 72.6 Å². The van der Waals surface area contributed by atoms with Gasteiger partial charge in [0.25, 0.3) is 0 Å². The summed E-state index contributed by atoms with van der Waals surface area (Å²) in [5, 5.41) is 0. The molecule has 0 atom stereocenters. The van der Waals surface area contributed by atoms with E-state index in [0.29, 0.717) is 0 Å². The molecule has 0 spiro atoms. The van der Waals surface area contributed by atoms with Crippen molar-refractivity contribution in [3.05, 3.63) is 0 Å². The van der Waals surface area contributed by atoms with E-state index in [1.54, 1.807) is 0 Å². The van der Waals surface area contributed by atoms with Crippen LogP contribution in [0.25, 0.3) is 0 Å². The Balaban J connectivity index is 0. The first-order valence-electron chi connectivity index (χ1n) is 0. The summed E-state index contributed by atoms with van der Waals surface area (Å²) in [6.07, 6.45) is 0. The fraction of sp³-hybridized carbons (Fsp3) is 0. The summed E-state index contributed by atoms with van der Waals surface area (Å²) >= 11 is 0. The standard InChI is InChI=1S/Ca.Sc.H4Si.Sn.4H/h;;1H4;;;;;/q+2;;;;;;2*-1. The van der Waals surface area contributed by atoms with Gasteiger partial charge in [-0.05, 0) is 11.0 Å². The van der Waals surface area contributed by atoms with Gasteiger partial charge in [0.2, 0.25) is 0 Å². The van der Waals surface area contributed by atoms with E-state index in [9.17, 15) is 0 Å². The van der Waals surface area contributed by atoms with Crippen molar-refractivity contribution in [2.75, 3.05) is 0 Å². The van der Waals surface area contributed by atoms with Gasteiger partial charge in [0.05, 0.1) is 0 Å². The van der Waals surface area contributed by atoms with Crippen LogP contribution in [0.4, 0.5) is 0 Å². The van der Waals surface area contributed by atoms with Gasteiger partial charge < -0.3 is 2.85 Å². The molecule has 0 saturated carbocycles. The van der Waals surface area contributed by atoms with Crippen molar-refractivity contribution in [2.45, 2.75) is 0 Å². The summed E-state index contributed by atoms with van der Waals surface area (Å²) in [4.78, 5) is 0. The average Bonchev–Trinajstić information content (AvgIpc) is 0. The average molecular weight is 240 g/mol. The van der Waals surface area contributed by atoms with Crippen molar-refractivity contribution in [1.82, 2.24) is 0 Å². The zero-order chi connectivity index (χ0) is 0. The Morgan fingerprint density at radius 2 is 1.25 bits per heavy atom. The SMILES string of the molecule is [Ca+2].[H-].[H-].[Sc].[SiH4].[SnH2]. The summed E-state index contributed by atoms with van der Waals surface area (Å²) in [6, 6.07) is 0. The third-order valence-electron chi connectivity index (χ3n) is 0.